The fraction of sp³-hybridized carbons (Fsp3) is 0.227. The molecule has 1 aliphatic carbocycles. The van der Waals surface area contributed by atoms with Crippen LogP contribution in [0.5, 0.6) is 0 Å². The minimum Gasteiger partial charge on any atom is -0.357 e. The zero-order chi connectivity index (χ0) is 18.9. The van der Waals surface area contributed by atoms with Crippen LogP contribution in [-0.4, -0.2) is 33.1 Å². The van der Waals surface area contributed by atoms with Gasteiger partial charge in [0, 0.05) is 48.6 Å². The van der Waals surface area contributed by atoms with Crippen molar-refractivity contribution in [3.8, 4) is 11.4 Å². The molecular formula is C22H21N5O. The van der Waals surface area contributed by atoms with E-state index in [1.54, 1.807) is 19.5 Å². The Morgan fingerprint density at radius 1 is 1.07 bits per heavy atom. The SMILES string of the molecule is COC1C(c2ccncc2)=CC=CN1c1cccc(-c2nncn2C2CC2)c1. The van der Waals surface area contributed by atoms with Crippen LogP contribution >= 0.6 is 0 Å². The highest BCUT2D eigenvalue weighted by molar-refractivity contribution is 5.77. The van der Waals surface area contributed by atoms with E-state index < -0.39 is 0 Å². The lowest BCUT2D eigenvalue weighted by Gasteiger charge is -2.33. The lowest BCUT2D eigenvalue weighted by atomic mass is 10.0. The lowest BCUT2D eigenvalue weighted by Crippen LogP contribution is -2.35. The van der Waals surface area contributed by atoms with E-state index in [1.807, 2.05) is 30.7 Å². The van der Waals surface area contributed by atoms with Gasteiger partial charge in [-0.1, -0.05) is 18.2 Å². The van der Waals surface area contributed by atoms with Crippen molar-refractivity contribution in [1.82, 2.24) is 19.7 Å². The first-order chi connectivity index (χ1) is 13.8. The summed E-state index contributed by atoms with van der Waals surface area (Å²) in [4.78, 5) is 6.26. The zero-order valence-electron chi connectivity index (χ0n) is 15.6. The highest BCUT2D eigenvalue weighted by atomic mass is 16.5. The van der Waals surface area contributed by atoms with Gasteiger partial charge in [-0.05, 0) is 48.7 Å². The molecule has 2 aromatic heterocycles. The maximum Gasteiger partial charge on any atom is 0.164 e. The van der Waals surface area contributed by atoms with Gasteiger partial charge in [0.1, 0.15) is 6.33 Å². The molecule has 140 valence electrons. The number of pyridine rings is 1. The number of hydrogen-bond donors (Lipinski definition) is 0. The van der Waals surface area contributed by atoms with Gasteiger partial charge in [-0.3, -0.25) is 4.98 Å². The van der Waals surface area contributed by atoms with Crippen molar-refractivity contribution in [2.75, 3.05) is 12.0 Å². The Hall–Kier alpha value is -3.25. The highest BCUT2D eigenvalue weighted by Crippen LogP contribution is 2.38. The first kappa shape index (κ1) is 16.9. The molecule has 28 heavy (non-hydrogen) atoms. The van der Waals surface area contributed by atoms with E-state index in [2.05, 4.69) is 55.0 Å². The third-order valence-electron chi connectivity index (χ3n) is 5.19. The first-order valence-electron chi connectivity index (χ1n) is 9.45. The second-order valence-electron chi connectivity index (χ2n) is 7.04. The Morgan fingerprint density at radius 2 is 1.93 bits per heavy atom. The van der Waals surface area contributed by atoms with Gasteiger partial charge in [-0.25, -0.2) is 0 Å². The standard InChI is InChI=1S/C22H21N5O/c1-28-22-20(16-9-11-23-12-10-16)6-3-13-26(22)19-5-2-4-17(14-19)21-25-24-15-27(21)18-7-8-18/h2-6,9-15,18,22H,7-8H2,1H3. The summed E-state index contributed by atoms with van der Waals surface area (Å²) in [6.07, 6.45) is 13.8. The van der Waals surface area contributed by atoms with Crippen LogP contribution in [0.2, 0.25) is 0 Å². The molecule has 0 radical (unpaired) electrons. The second-order valence-corrected chi connectivity index (χ2v) is 7.04. The number of ether oxygens (including phenoxy) is 1. The van der Waals surface area contributed by atoms with Gasteiger partial charge in [0.25, 0.3) is 0 Å². The fourth-order valence-corrected chi connectivity index (χ4v) is 3.67. The Balaban J connectivity index is 1.50. The van der Waals surface area contributed by atoms with Crippen LogP contribution in [0.25, 0.3) is 17.0 Å². The van der Waals surface area contributed by atoms with Crippen LogP contribution in [-0.2, 0) is 4.74 Å². The average Bonchev–Trinajstić information content (AvgIpc) is 3.50. The van der Waals surface area contributed by atoms with Gasteiger partial charge in [0.15, 0.2) is 12.1 Å². The predicted molar refractivity (Wildman–Crippen MR) is 108 cm³/mol. The largest absolute Gasteiger partial charge is 0.357 e. The molecule has 2 aliphatic rings. The Labute approximate surface area is 163 Å². The van der Waals surface area contributed by atoms with E-state index in [4.69, 9.17) is 4.74 Å². The number of hydrogen-bond acceptors (Lipinski definition) is 5. The molecule has 1 aromatic carbocycles. The van der Waals surface area contributed by atoms with E-state index in [9.17, 15) is 0 Å². The molecule has 1 atom stereocenters. The molecule has 5 rings (SSSR count). The number of anilines is 1. The molecule has 0 spiro atoms. The van der Waals surface area contributed by atoms with Crippen LogP contribution in [0.15, 0.2) is 73.5 Å². The van der Waals surface area contributed by atoms with Gasteiger partial charge in [0.05, 0.1) is 0 Å². The molecule has 1 saturated carbocycles. The molecular weight excluding hydrogens is 350 g/mol. The lowest BCUT2D eigenvalue weighted by molar-refractivity contribution is 0.151. The van der Waals surface area contributed by atoms with E-state index in [0.717, 1.165) is 28.2 Å². The van der Waals surface area contributed by atoms with Crippen molar-refractivity contribution in [2.45, 2.75) is 25.1 Å². The topological polar surface area (TPSA) is 56.1 Å². The van der Waals surface area contributed by atoms with E-state index in [1.165, 1.54) is 12.8 Å². The van der Waals surface area contributed by atoms with Crippen LogP contribution in [0.4, 0.5) is 5.69 Å². The molecule has 6 heteroatoms. The van der Waals surface area contributed by atoms with Crippen molar-refractivity contribution in [3.63, 3.8) is 0 Å². The van der Waals surface area contributed by atoms with Crippen molar-refractivity contribution in [3.05, 3.63) is 79.0 Å². The van der Waals surface area contributed by atoms with Gasteiger partial charge in [0.2, 0.25) is 0 Å². The van der Waals surface area contributed by atoms with Gasteiger partial charge >= 0.3 is 0 Å². The normalized spacial score (nSPS) is 19.0. The summed E-state index contributed by atoms with van der Waals surface area (Å²) in [7, 11) is 1.74. The van der Waals surface area contributed by atoms with Crippen molar-refractivity contribution in [1.29, 1.82) is 0 Å². The Bertz CT molecular complexity index is 1040. The molecule has 0 amide bonds. The second kappa shape index (κ2) is 7.05. The smallest absolute Gasteiger partial charge is 0.164 e. The maximum atomic E-state index is 5.88. The molecule has 0 saturated heterocycles. The van der Waals surface area contributed by atoms with E-state index >= 15 is 0 Å². The number of aromatic nitrogens is 4. The number of nitrogens with zero attached hydrogens (tertiary/aromatic N) is 5. The summed E-state index contributed by atoms with van der Waals surface area (Å²) < 4.78 is 8.06. The summed E-state index contributed by atoms with van der Waals surface area (Å²) in [5.41, 5.74) is 4.30. The van der Waals surface area contributed by atoms with Crippen LogP contribution in [0.1, 0.15) is 24.4 Å². The van der Waals surface area contributed by atoms with Crippen molar-refractivity contribution in [2.24, 2.45) is 0 Å². The van der Waals surface area contributed by atoms with E-state index in [-0.39, 0.29) is 6.23 Å². The molecule has 0 bridgehead atoms. The van der Waals surface area contributed by atoms with Gasteiger partial charge in [-0.15, -0.1) is 10.2 Å². The summed E-state index contributed by atoms with van der Waals surface area (Å²) in [5.74, 6) is 0.921. The number of benzene rings is 1. The maximum absolute atomic E-state index is 5.88. The molecule has 3 heterocycles. The van der Waals surface area contributed by atoms with Gasteiger partial charge in [-0.2, -0.15) is 0 Å². The quantitative estimate of drug-likeness (QED) is 0.677. The van der Waals surface area contributed by atoms with Crippen LogP contribution in [0, 0.1) is 0 Å². The number of allylic oxidation sites excluding steroid dienone is 2. The first-order valence-corrected chi connectivity index (χ1v) is 9.45. The van der Waals surface area contributed by atoms with Crippen LogP contribution in [0.3, 0.4) is 0 Å². The number of rotatable bonds is 5. The van der Waals surface area contributed by atoms with Gasteiger partial charge < -0.3 is 14.2 Å². The summed E-state index contributed by atoms with van der Waals surface area (Å²) in [5, 5.41) is 8.49. The molecule has 3 aromatic rings. The zero-order valence-corrected chi connectivity index (χ0v) is 15.6. The van der Waals surface area contributed by atoms with Crippen LogP contribution < -0.4 is 4.90 Å². The number of methoxy groups -OCH3 is 1. The molecule has 1 fully saturated rings. The van der Waals surface area contributed by atoms with Crippen molar-refractivity contribution >= 4 is 11.3 Å². The monoisotopic (exact) mass is 371 g/mol. The molecule has 0 N–H and O–H groups in total. The highest BCUT2D eigenvalue weighted by Gasteiger charge is 2.28. The third kappa shape index (κ3) is 3.01. The Kier molecular flexibility index (Phi) is 4.25. The molecule has 1 unspecified atom stereocenters. The predicted octanol–water partition coefficient (Wildman–Crippen LogP) is 4.06. The minimum atomic E-state index is -0.219. The summed E-state index contributed by atoms with van der Waals surface area (Å²) in [6.45, 7) is 0. The molecule has 1 aliphatic heterocycles. The average molecular weight is 371 g/mol. The minimum absolute atomic E-state index is 0.219. The summed E-state index contributed by atoms with van der Waals surface area (Å²) in [6, 6.07) is 12.9. The van der Waals surface area contributed by atoms with E-state index in [0.29, 0.717) is 6.04 Å². The van der Waals surface area contributed by atoms with Crippen molar-refractivity contribution < 1.29 is 4.74 Å². The Morgan fingerprint density at radius 3 is 2.71 bits per heavy atom. The molecule has 6 nitrogen and oxygen atoms in total. The fourth-order valence-electron chi connectivity index (χ4n) is 3.67. The third-order valence-corrected chi connectivity index (χ3v) is 5.19. The summed E-state index contributed by atoms with van der Waals surface area (Å²) >= 11 is 0.